The zero-order valence-corrected chi connectivity index (χ0v) is 18.7. The predicted octanol–water partition coefficient (Wildman–Crippen LogP) is 6.21. The minimum absolute atomic E-state index is 0.140. The van der Waals surface area contributed by atoms with Crippen LogP contribution in [-0.2, 0) is 21.9 Å². The number of nitrogens with one attached hydrogen (secondary N) is 1. The number of unbranched alkanes of at least 4 members (excludes halogenated alkanes) is 1. The molecule has 0 saturated carbocycles. The molecule has 1 aromatic carbocycles. The summed E-state index contributed by atoms with van der Waals surface area (Å²) in [6, 6.07) is 0.395. The Labute approximate surface area is 196 Å². The molecule has 0 bridgehead atoms. The molecule has 0 spiro atoms. The minimum Gasteiger partial charge on any atom is -0.347 e. The first-order valence-electron chi connectivity index (χ1n) is 9.30. The van der Waals surface area contributed by atoms with Crippen LogP contribution in [0.5, 0.6) is 0 Å². The topological polar surface area (TPSA) is 53.9 Å². The quantitative estimate of drug-likeness (QED) is 0.352. The number of aliphatic imine (C=N–C) groups is 1. The van der Waals surface area contributed by atoms with Crippen molar-refractivity contribution in [1.29, 1.82) is 0 Å². The molecule has 5 nitrogen and oxygen atoms in total. The second-order valence-corrected chi connectivity index (χ2v) is 8.37. The van der Waals surface area contributed by atoms with Crippen LogP contribution in [0, 0.1) is 0 Å². The zero-order chi connectivity index (χ0) is 26.3. The second kappa shape index (κ2) is 9.26. The number of benzene rings is 1. The summed E-state index contributed by atoms with van der Waals surface area (Å²) in [5.41, 5.74) is -8.55. The van der Waals surface area contributed by atoms with Gasteiger partial charge in [-0.15, -0.1) is 0 Å². The summed E-state index contributed by atoms with van der Waals surface area (Å²) in [6.07, 6.45) is -15.5. The summed E-state index contributed by atoms with van der Waals surface area (Å²) in [5, 5.41) is 1.89. The van der Waals surface area contributed by atoms with Crippen LogP contribution < -0.4 is 5.32 Å². The van der Waals surface area contributed by atoms with Crippen molar-refractivity contribution in [3.63, 3.8) is 0 Å². The van der Waals surface area contributed by atoms with Gasteiger partial charge in [0.15, 0.2) is 0 Å². The Balaban J connectivity index is 2.75. The first kappa shape index (κ1) is 28.3. The molecular weight excluding hydrogens is 532 g/mol. The second-order valence-electron chi connectivity index (χ2n) is 7.05. The van der Waals surface area contributed by atoms with Gasteiger partial charge in [-0.3, -0.25) is 9.69 Å². The van der Waals surface area contributed by atoms with Crippen molar-refractivity contribution in [3.05, 3.63) is 29.3 Å². The lowest BCUT2D eigenvalue weighted by Crippen LogP contribution is -2.69. The summed E-state index contributed by atoms with van der Waals surface area (Å²) in [4.78, 5) is 16.5. The Hall–Kier alpha value is -1.93. The van der Waals surface area contributed by atoms with Crippen LogP contribution in [0.1, 0.15) is 30.9 Å². The van der Waals surface area contributed by atoms with E-state index in [2.05, 4.69) is 9.73 Å². The van der Waals surface area contributed by atoms with Crippen LogP contribution in [0.2, 0.25) is 0 Å². The third-order valence-corrected chi connectivity index (χ3v) is 5.61. The fourth-order valence-electron chi connectivity index (χ4n) is 3.02. The van der Waals surface area contributed by atoms with E-state index in [9.17, 15) is 44.3 Å². The Morgan fingerprint density at radius 2 is 1.65 bits per heavy atom. The van der Waals surface area contributed by atoms with Crippen LogP contribution in [0.4, 0.5) is 45.2 Å². The van der Waals surface area contributed by atoms with Crippen molar-refractivity contribution in [2.24, 2.45) is 4.99 Å². The van der Waals surface area contributed by atoms with E-state index in [0.717, 1.165) is 0 Å². The number of carbonyl (C=O) groups is 1. The van der Waals surface area contributed by atoms with E-state index in [-0.39, 0.29) is 25.1 Å². The van der Waals surface area contributed by atoms with Gasteiger partial charge in [0.05, 0.1) is 16.8 Å². The lowest BCUT2D eigenvalue weighted by atomic mass is 10.0. The molecule has 192 valence electrons. The fourth-order valence-corrected chi connectivity index (χ4v) is 3.68. The number of anilines is 1. The van der Waals surface area contributed by atoms with Crippen molar-refractivity contribution in [2.45, 2.75) is 48.4 Å². The van der Waals surface area contributed by atoms with Gasteiger partial charge in [0.25, 0.3) is 10.2 Å². The van der Waals surface area contributed by atoms with E-state index in [1.54, 1.807) is 6.92 Å². The number of ether oxygens (including phenoxy) is 1. The zero-order valence-electron chi connectivity index (χ0n) is 17.2. The summed E-state index contributed by atoms with van der Waals surface area (Å²) >= 11 is 11.5. The Bertz CT molecular complexity index is 961. The molecule has 34 heavy (non-hydrogen) atoms. The van der Waals surface area contributed by atoms with Crippen molar-refractivity contribution in [3.8, 4) is 0 Å². The molecule has 2 rings (SSSR count). The summed E-state index contributed by atoms with van der Waals surface area (Å²) in [7, 11) is 0.475. The Morgan fingerprint density at radius 3 is 2.09 bits per heavy atom. The van der Waals surface area contributed by atoms with Crippen LogP contribution in [0.15, 0.2) is 23.2 Å². The molecule has 0 aliphatic carbocycles. The smallest absolute Gasteiger partial charge is 0.347 e. The van der Waals surface area contributed by atoms with Gasteiger partial charge in [0.2, 0.25) is 5.96 Å². The number of rotatable bonds is 5. The monoisotopic (exact) mass is 547 g/mol. The molecule has 1 heterocycles. The number of methoxy groups -OCH3 is 1. The molecule has 0 aromatic heterocycles. The third-order valence-electron chi connectivity index (χ3n) is 4.77. The van der Waals surface area contributed by atoms with E-state index in [0.29, 0.717) is 24.5 Å². The van der Waals surface area contributed by atoms with Gasteiger partial charge < -0.3 is 10.1 Å². The average Bonchev–Trinajstić information content (AvgIpc) is 2.68. The maximum Gasteiger partial charge on any atom is 0.442 e. The molecule has 1 amide bonds. The van der Waals surface area contributed by atoms with Crippen LogP contribution in [0.3, 0.4) is 0 Å². The molecular formula is C18H16Cl2F9N3O2. The van der Waals surface area contributed by atoms with E-state index in [1.807, 2.05) is 5.32 Å². The van der Waals surface area contributed by atoms with Gasteiger partial charge in [-0.05, 0) is 24.6 Å². The highest BCUT2D eigenvalue weighted by Crippen LogP contribution is 2.51. The number of guanidine groups is 1. The maximum absolute atomic E-state index is 13.9. The van der Waals surface area contributed by atoms with Crippen molar-refractivity contribution >= 4 is 40.8 Å². The molecule has 1 aliphatic heterocycles. The fraction of sp³-hybridized carbons (Fsp3) is 0.556. The number of hydrogen-bond donors (Lipinski definition) is 1. The number of carbonyl (C=O) groups excluding carboxylic acids is 1. The molecule has 1 aliphatic rings. The maximum atomic E-state index is 13.9. The normalized spacial score (nSPS) is 21.5. The van der Waals surface area contributed by atoms with Gasteiger partial charge in [-0.25, -0.2) is 4.99 Å². The SMILES string of the molecule is CCCCN1C(=O)C(Cl)(Cl)C(OC)(C(F)(F)F)N=C1Nc1ccc(C(F)(F)F)cc1C(F)(F)F. The van der Waals surface area contributed by atoms with E-state index in [1.165, 1.54) is 0 Å². The van der Waals surface area contributed by atoms with Gasteiger partial charge >= 0.3 is 24.3 Å². The lowest BCUT2D eigenvalue weighted by Gasteiger charge is -2.45. The van der Waals surface area contributed by atoms with E-state index >= 15 is 0 Å². The molecule has 1 aromatic rings. The summed E-state index contributed by atoms with van der Waals surface area (Å²) < 4.78 is 122. The molecule has 1 unspecified atom stereocenters. The largest absolute Gasteiger partial charge is 0.442 e. The highest BCUT2D eigenvalue weighted by atomic mass is 35.5. The van der Waals surface area contributed by atoms with Crippen LogP contribution in [0.25, 0.3) is 0 Å². The average molecular weight is 548 g/mol. The van der Waals surface area contributed by atoms with E-state index < -0.39 is 57.3 Å². The van der Waals surface area contributed by atoms with Crippen LogP contribution in [-0.4, -0.2) is 46.7 Å². The highest BCUT2D eigenvalue weighted by molar-refractivity contribution is 6.60. The van der Waals surface area contributed by atoms with Crippen LogP contribution >= 0.6 is 23.2 Å². The summed E-state index contributed by atoms with van der Waals surface area (Å²) in [5.74, 6) is -2.71. The minimum atomic E-state index is -5.53. The highest BCUT2D eigenvalue weighted by Gasteiger charge is 2.74. The van der Waals surface area contributed by atoms with Crippen molar-refractivity contribution in [1.82, 2.24) is 4.90 Å². The third kappa shape index (κ3) is 5.03. The van der Waals surface area contributed by atoms with Gasteiger partial charge in [0, 0.05) is 13.7 Å². The molecule has 0 fully saturated rings. The van der Waals surface area contributed by atoms with Gasteiger partial charge in [0.1, 0.15) is 0 Å². The number of nitrogens with zero attached hydrogens (tertiary/aromatic N) is 2. The first-order valence-corrected chi connectivity index (χ1v) is 10.1. The van der Waals surface area contributed by atoms with Gasteiger partial charge in [-0.1, -0.05) is 36.5 Å². The summed E-state index contributed by atoms with van der Waals surface area (Å²) in [6.45, 7) is 1.27. The molecule has 1 N–H and O–H groups in total. The molecule has 0 radical (unpaired) electrons. The number of hydrogen-bond acceptors (Lipinski definition) is 4. The van der Waals surface area contributed by atoms with Gasteiger partial charge in [-0.2, -0.15) is 39.5 Å². The first-order chi connectivity index (χ1) is 15.3. The number of amides is 1. The Morgan fingerprint density at radius 1 is 1.06 bits per heavy atom. The van der Waals surface area contributed by atoms with Crippen molar-refractivity contribution < 1.29 is 49.0 Å². The standard InChI is InChI=1S/C18H16Cl2F9N3O2/c1-3-4-7-32-12(33)14(19,20)17(34-2,18(27,28)29)31-13(32)30-11-6-5-9(15(21,22)23)8-10(11)16(24,25)26/h5-6,8H,3-4,7H2,1-2H3,(H,30,31). The van der Waals surface area contributed by atoms with Crippen molar-refractivity contribution in [2.75, 3.05) is 19.0 Å². The number of halogens is 11. The van der Waals surface area contributed by atoms with E-state index in [4.69, 9.17) is 23.2 Å². The lowest BCUT2D eigenvalue weighted by molar-refractivity contribution is -0.272. The molecule has 0 saturated heterocycles. The molecule has 1 atom stereocenters. The predicted molar refractivity (Wildman–Crippen MR) is 104 cm³/mol. The Kier molecular flexibility index (Phi) is 7.71. The molecule has 16 heteroatoms. The number of alkyl halides is 11.